The van der Waals surface area contributed by atoms with Crippen LogP contribution in [0.4, 0.5) is 10.5 Å². The van der Waals surface area contributed by atoms with Crippen LogP contribution in [-0.2, 0) is 4.74 Å². The Kier molecular flexibility index (Phi) is 6.86. The molecule has 3 heterocycles. The number of nitrogen functional groups attached to an aromatic ring is 1. The Hall–Kier alpha value is -2.61. The normalized spacial score (nSPS) is 16.6. The number of thiophene rings is 1. The first kappa shape index (κ1) is 20.1. The van der Waals surface area contributed by atoms with Gasteiger partial charge in [0.15, 0.2) is 0 Å². The Labute approximate surface area is 168 Å². The van der Waals surface area contributed by atoms with Crippen LogP contribution in [0.2, 0.25) is 0 Å². The number of hydrogen-bond donors (Lipinski definition) is 2. The van der Waals surface area contributed by atoms with Crippen LogP contribution in [0.15, 0.2) is 30.6 Å². The van der Waals surface area contributed by atoms with Gasteiger partial charge in [-0.25, -0.2) is 4.79 Å². The zero-order valence-corrected chi connectivity index (χ0v) is 16.8. The van der Waals surface area contributed by atoms with Gasteiger partial charge in [0.2, 0.25) is 0 Å². The number of ether oxygens (including phenoxy) is 1. The molecule has 0 aromatic carbocycles. The van der Waals surface area contributed by atoms with E-state index in [1.54, 1.807) is 23.4 Å². The van der Waals surface area contributed by atoms with E-state index in [0.717, 1.165) is 36.1 Å². The van der Waals surface area contributed by atoms with Crippen LogP contribution >= 0.6 is 11.3 Å². The number of nitrogens with one attached hydrogen (secondary N) is 1. The maximum absolute atomic E-state index is 12.7. The average molecular weight is 403 g/mol. The van der Waals surface area contributed by atoms with Crippen LogP contribution in [0.25, 0.3) is 10.4 Å². The summed E-state index contributed by atoms with van der Waals surface area (Å²) >= 11 is 1.35. The lowest BCUT2D eigenvalue weighted by atomic mass is 10.1. The molecule has 2 amide bonds. The van der Waals surface area contributed by atoms with Gasteiger partial charge in [-0.2, -0.15) is 0 Å². The molecule has 2 aromatic heterocycles. The van der Waals surface area contributed by atoms with E-state index in [2.05, 4.69) is 17.2 Å². The number of piperidine rings is 1. The summed E-state index contributed by atoms with van der Waals surface area (Å²) in [5.41, 5.74) is 7.45. The monoisotopic (exact) mass is 402 g/mol. The molecule has 1 aliphatic heterocycles. The molecule has 0 saturated carbocycles. The van der Waals surface area contributed by atoms with Crippen LogP contribution < -0.4 is 11.1 Å². The molecule has 28 heavy (non-hydrogen) atoms. The number of nitrogens with two attached hydrogens (primary N) is 1. The summed E-state index contributed by atoms with van der Waals surface area (Å²) in [5, 5.41) is 3.02. The SMILES string of the molecule is CCCCOC(=O)N1CCC[C@H](NC(=O)c2sc(-c3cccnc3)cc2N)C1. The predicted octanol–water partition coefficient (Wildman–Crippen LogP) is 3.52. The standard InChI is InChI=1S/C20H26N4O3S/c1-2-3-10-27-20(26)24-9-5-7-15(13-24)23-19(25)18-16(21)11-17(28-18)14-6-4-8-22-12-14/h4,6,8,11-12,15H,2-3,5,7,9-10,13,21H2,1H3,(H,23,25)/t15-/m0/s1. The zero-order chi connectivity index (χ0) is 19.9. The Morgan fingerprint density at radius 1 is 1.46 bits per heavy atom. The van der Waals surface area contributed by atoms with E-state index in [1.165, 1.54) is 11.3 Å². The maximum atomic E-state index is 12.7. The lowest BCUT2D eigenvalue weighted by molar-refractivity contribution is 0.0798. The van der Waals surface area contributed by atoms with Crippen LogP contribution in [0.1, 0.15) is 42.3 Å². The van der Waals surface area contributed by atoms with Crippen molar-refractivity contribution in [3.05, 3.63) is 35.5 Å². The molecular weight excluding hydrogens is 376 g/mol. The largest absolute Gasteiger partial charge is 0.449 e. The van der Waals surface area contributed by atoms with Crippen molar-refractivity contribution in [1.29, 1.82) is 0 Å². The first-order chi connectivity index (χ1) is 13.6. The van der Waals surface area contributed by atoms with E-state index >= 15 is 0 Å². The highest BCUT2D eigenvalue weighted by Crippen LogP contribution is 2.32. The fourth-order valence-electron chi connectivity index (χ4n) is 3.14. The molecule has 1 saturated heterocycles. The molecule has 8 heteroatoms. The van der Waals surface area contributed by atoms with E-state index in [4.69, 9.17) is 10.5 Å². The molecule has 2 aromatic rings. The lowest BCUT2D eigenvalue weighted by Crippen LogP contribution is -2.49. The van der Waals surface area contributed by atoms with Crippen molar-refractivity contribution in [2.24, 2.45) is 0 Å². The highest BCUT2D eigenvalue weighted by molar-refractivity contribution is 7.18. The molecule has 0 radical (unpaired) electrons. The van der Waals surface area contributed by atoms with Gasteiger partial charge < -0.3 is 20.7 Å². The molecule has 1 aliphatic rings. The second kappa shape index (κ2) is 9.54. The number of nitrogens with zero attached hydrogens (tertiary/aromatic N) is 2. The molecule has 0 unspecified atom stereocenters. The second-order valence-corrected chi connectivity index (χ2v) is 7.92. The maximum Gasteiger partial charge on any atom is 0.409 e. The number of unbranched alkanes of at least 4 members (excludes halogenated alkanes) is 1. The number of pyridine rings is 1. The molecule has 0 aliphatic carbocycles. The molecule has 0 bridgehead atoms. The van der Waals surface area contributed by atoms with Gasteiger partial charge in [0.25, 0.3) is 5.91 Å². The zero-order valence-electron chi connectivity index (χ0n) is 16.0. The minimum absolute atomic E-state index is 0.108. The highest BCUT2D eigenvalue weighted by Gasteiger charge is 2.27. The van der Waals surface area contributed by atoms with Gasteiger partial charge in [-0.15, -0.1) is 11.3 Å². The Morgan fingerprint density at radius 3 is 3.07 bits per heavy atom. The number of carbonyl (C=O) groups excluding carboxylic acids is 2. The van der Waals surface area contributed by atoms with Crippen molar-refractivity contribution < 1.29 is 14.3 Å². The number of carbonyl (C=O) groups is 2. The van der Waals surface area contributed by atoms with Gasteiger partial charge in [-0.05, 0) is 31.4 Å². The van der Waals surface area contributed by atoms with Crippen molar-refractivity contribution in [2.45, 2.75) is 38.6 Å². The summed E-state index contributed by atoms with van der Waals surface area (Å²) in [4.78, 5) is 32.1. The molecule has 3 N–H and O–H groups in total. The van der Waals surface area contributed by atoms with Crippen molar-refractivity contribution in [3.63, 3.8) is 0 Å². The highest BCUT2D eigenvalue weighted by atomic mass is 32.1. The number of likely N-dealkylation sites (tertiary alicyclic amines) is 1. The fourth-order valence-corrected chi connectivity index (χ4v) is 4.11. The van der Waals surface area contributed by atoms with Gasteiger partial charge in [0.05, 0.1) is 12.3 Å². The van der Waals surface area contributed by atoms with Crippen LogP contribution in [-0.4, -0.2) is 47.6 Å². The summed E-state index contributed by atoms with van der Waals surface area (Å²) < 4.78 is 5.28. The molecule has 3 rings (SSSR count). The summed E-state index contributed by atoms with van der Waals surface area (Å²) in [6, 6.07) is 5.47. The first-order valence-corrected chi connectivity index (χ1v) is 10.4. The third-order valence-electron chi connectivity index (χ3n) is 4.65. The van der Waals surface area contributed by atoms with Gasteiger partial charge in [0.1, 0.15) is 4.88 Å². The van der Waals surface area contributed by atoms with Gasteiger partial charge in [-0.3, -0.25) is 9.78 Å². The minimum atomic E-state index is -0.304. The Bertz CT molecular complexity index is 809. The van der Waals surface area contributed by atoms with E-state index in [0.29, 0.717) is 30.3 Å². The van der Waals surface area contributed by atoms with Gasteiger partial charge in [-0.1, -0.05) is 19.4 Å². The van der Waals surface area contributed by atoms with Gasteiger partial charge in [0, 0.05) is 42.0 Å². The quantitative estimate of drug-likeness (QED) is 0.721. The molecule has 7 nitrogen and oxygen atoms in total. The predicted molar refractivity (Wildman–Crippen MR) is 110 cm³/mol. The average Bonchev–Trinajstić information content (AvgIpc) is 3.11. The Morgan fingerprint density at radius 2 is 2.32 bits per heavy atom. The van der Waals surface area contributed by atoms with Crippen LogP contribution in [0, 0.1) is 0 Å². The molecule has 1 atom stereocenters. The molecule has 150 valence electrons. The van der Waals surface area contributed by atoms with E-state index in [-0.39, 0.29) is 18.0 Å². The smallest absolute Gasteiger partial charge is 0.409 e. The van der Waals surface area contributed by atoms with Crippen molar-refractivity contribution in [1.82, 2.24) is 15.2 Å². The van der Waals surface area contributed by atoms with Gasteiger partial charge >= 0.3 is 6.09 Å². The molecule has 1 fully saturated rings. The van der Waals surface area contributed by atoms with Crippen molar-refractivity contribution >= 4 is 29.0 Å². The van der Waals surface area contributed by atoms with Crippen LogP contribution in [0.5, 0.6) is 0 Å². The summed E-state index contributed by atoms with van der Waals surface area (Å²) in [5.74, 6) is -0.205. The third-order valence-corrected chi connectivity index (χ3v) is 5.85. The van der Waals surface area contributed by atoms with Crippen molar-refractivity contribution in [2.75, 3.05) is 25.4 Å². The number of aromatic nitrogens is 1. The van der Waals surface area contributed by atoms with Crippen molar-refractivity contribution in [3.8, 4) is 10.4 Å². The molecule has 0 spiro atoms. The first-order valence-electron chi connectivity index (χ1n) is 9.60. The summed E-state index contributed by atoms with van der Waals surface area (Å²) in [7, 11) is 0. The number of rotatable bonds is 6. The molecular formula is C20H26N4O3S. The Balaban J connectivity index is 1.60. The fraction of sp³-hybridized carbons (Fsp3) is 0.450. The minimum Gasteiger partial charge on any atom is -0.449 e. The number of amides is 2. The lowest BCUT2D eigenvalue weighted by Gasteiger charge is -2.32. The van der Waals surface area contributed by atoms with E-state index in [1.807, 2.05) is 12.1 Å². The topological polar surface area (TPSA) is 97.5 Å². The van der Waals surface area contributed by atoms with Crippen LogP contribution in [0.3, 0.4) is 0 Å². The summed E-state index contributed by atoms with van der Waals surface area (Å²) in [6.07, 6.45) is 6.64. The van der Waals surface area contributed by atoms with E-state index < -0.39 is 0 Å². The number of anilines is 1. The van der Waals surface area contributed by atoms with E-state index in [9.17, 15) is 9.59 Å². The second-order valence-electron chi connectivity index (χ2n) is 6.86. The number of hydrogen-bond acceptors (Lipinski definition) is 6. The third kappa shape index (κ3) is 5.01. The summed E-state index contributed by atoms with van der Waals surface area (Å²) in [6.45, 7) is 3.60.